The number of hydrogen-bond donors (Lipinski definition) is 1. The van der Waals surface area contributed by atoms with Crippen LogP contribution in [0.4, 0.5) is 5.69 Å². The zero-order chi connectivity index (χ0) is 18.5. The maximum absolute atomic E-state index is 12.3. The molecule has 1 amide bonds. The van der Waals surface area contributed by atoms with Crippen molar-refractivity contribution in [1.82, 2.24) is 0 Å². The molecule has 0 atom stereocenters. The molecule has 0 radical (unpaired) electrons. The van der Waals surface area contributed by atoms with E-state index in [1.54, 1.807) is 0 Å². The third-order valence-electron chi connectivity index (χ3n) is 5.24. The van der Waals surface area contributed by atoms with E-state index in [0.29, 0.717) is 12.5 Å². The van der Waals surface area contributed by atoms with Crippen LogP contribution in [0.3, 0.4) is 0 Å². The average molecular weight is 359 g/mol. The van der Waals surface area contributed by atoms with Crippen molar-refractivity contribution >= 4 is 22.4 Å². The second kappa shape index (κ2) is 8.26. The molecule has 138 valence electrons. The first kappa shape index (κ1) is 17.6. The minimum atomic E-state index is 0.0346. The highest BCUT2D eigenvalue weighted by Crippen LogP contribution is 2.25. The summed E-state index contributed by atoms with van der Waals surface area (Å²) >= 11 is 0. The molecule has 27 heavy (non-hydrogen) atoms. The number of rotatable bonds is 6. The van der Waals surface area contributed by atoms with Crippen LogP contribution < -0.4 is 10.1 Å². The summed E-state index contributed by atoms with van der Waals surface area (Å²) in [5.74, 6) is 0.919. The highest BCUT2D eigenvalue weighted by Gasteiger charge is 2.16. The molecule has 1 fully saturated rings. The Morgan fingerprint density at radius 3 is 2.48 bits per heavy atom. The minimum Gasteiger partial charge on any atom is -0.490 e. The number of fused-ring (bicyclic) bond motifs is 1. The molecule has 0 unspecified atom stereocenters. The minimum absolute atomic E-state index is 0.0346. The van der Waals surface area contributed by atoms with Gasteiger partial charge in [0.1, 0.15) is 5.75 Å². The maximum Gasteiger partial charge on any atom is 0.224 e. The number of amides is 1. The van der Waals surface area contributed by atoms with Crippen LogP contribution in [0.25, 0.3) is 10.8 Å². The third kappa shape index (κ3) is 4.48. The Hall–Kier alpha value is -2.81. The lowest BCUT2D eigenvalue weighted by atomic mass is 10.0. The van der Waals surface area contributed by atoms with Crippen molar-refractivity contribution in [2.45, 2.75) is 44.6 Å². The molecule has 0 bridgehead atoms. The largest absolute Gasteiger partial charge is 0.490 e. The van der Waals surface area contributed by atoms with Crippen molar-refractivity contribution < 1.29 is 9.53 Å². The van der Waals surface area contributed by atoms with Gasteiger partial charge in [-0.3, -0.25) is 4.79 Å². The lowest BCUT2D eigenvalue weighted by molar-refractivity contribution is -0.116. The van der Waals surface area contributed by atoms with E-state index in [1.165, 1.54) is 29.2 Å². The zero-order valence-corrected chi connectivity index (χ0v) is 15.5. The van der Waals surface area contributed by atoms with Gasteiger partial charge in [-0.1, -0.05) is 42.5 Å². The smallest absolute Gasteiger partial charge is 0.224 e. The molecular formula is C24H25NO2. The van der Waals surface area contributed by atoms with Gasteiger partial charge in [0.25, 0.3) is 0 Å². The molecule has 1 saturated carbocycles. The molecule has 0 aromatic heterocycles. The Morgan fingerprint density at radius 2 is 1.67 bits per heavy atom. The van der Waals surface area contributed by atoms with Crippen LogP contribution in [0, 0.1) is 0 Å². The Kier molecular flexibility index (Phi) is 5.38. The Labute approximate surface area is 160 Å². The molecule has 0 spiro atoms. The van der Waals surface area contributed by atoms with Gasteiger partial charge in [-0.25, -0.2) is 0 Å². The Morgan fingerprint density at radius 1 is 0.926 bits per heavy atom. The van der Waals surface area contributed by atoms with Gasteiger partial charge in [0.15, 0.2) is 0 Å². The van der Waals surface area contributed by atoms with E-state index in [9.17, 15) is 4.79 Å². The molecular weight excluding hydrogens is 334 g/mol. The average Bonchev–Trinajstić information content (AvgIpc) is 3.21. The first-order valence-electron chi connectivity index (χ1n) is 9.81. The molecule has 3 nitrogen and oxygen atoms in total. The van der Waals surface area contributed by atoms with E-state index in [4.69, 9.17) is 4.74 Å². The zero-order valence-electron chi connectivity index (χ0n) is 15.5. The van der Waals surface area contributed by atoms with Gasteiger partial charge in [-0.2, -0.15) is 0 Å². The lowest BCUT2D eigenvalue weighted by Crippen LogP contribution is -2.13. The van der Waals surface area contributed by atoms with E-state index in [1.807, 2.05) is 36.4 Å². The Bertz CT molecular complexity index is 906. The van der Waals surface area contributed by atoms with Gasteiger partial charge >= 0.3 is 0 Å². The maximum atomic E-state index is 12.3. The van der Waals surface area contributed by atoms with Crippen LogP contribution in [0.15, 0.2) is 66.7 Å². The summed E-state index contributed by atoms with van der Waals surface area (Å²) in [4.78, 5) is 12.3. The fourth-order valence-electron chi connectivity index (χ4n) is 3.80. The summed E-state index contributed by atoms with van der Waals surface area (Å²) in [6.45, 7) is 0. The highest BCUT2D eigenvalue weighted by atomic mass is 16.5. The predicted molar refractivity (Wildman–Crippen MR) is 110 cm³/mol. The SMILES string of the molecule is O=C(CCc1cccc2ccccc12)Nc1ccc(OC2CCCC2)cc1. The second-order valence-electron chi connectivity index (χ2n) is 7.24. The second-order valence-corrected chi connectivity index (χ2v) is 7.24. The lowest BCUT2D eigenvalue weighted by Gasteiger charge is -2.13. The van der Waals surface area contributed by atoms with E-state index in [0.717, 1.165) is 30.7 Å². The van der Waals surface area contributed by atoms with Gasteiger partial charge < -0.3 is 10.1 Å². The standard InChI is InChI=1S/C24H25NO2/c26-24(17-12-19-8-5-7-18-6-1-4-11-23(18)19)25-20-13-15-22(16-14-20)27-21-9-2-3-10-21/h1,4-8,11,13-16,21H,2-3,9-10,12,17H2,(H,25,26). The summed E-state index contributed by atoms with van der Waals surface area (Å²) in [6, 6.07) is 22.3. The van der Waals surface area contributed by atoms with Crippen LogP contribution in [0.2, 0.25) is 0 Å². The molecule has 3 aromatic rings. The number of benzene rings is 3. The molecule has 0 saturated heterocycles. The highest BCUT2D eigenvalue weighted by molar-refractivity contribution is 5.91. The number of aryl methyl sites for hydroxylation is 1. The van der Waals surface area contributed by atoms with Crippen LogP contribution in [-0.2, 0) is 11.2 Å². The number of carbonyl (C=O) groups is 1. The molecule has 1 aliphatic rings. The fraction of sp³-hybridized carbons (Fsp3) is 0.292. The molecule has 1 N–H and O–H groups in total. The molecule has 1 aliphatic carbocycles. The van der Waals surface area contributed by atoms with E-state index in [-0.39, 0.29) is 5.91 Å². The number of hydrogen-bond acceptors (Lipinski definition) is 2. The topological polar surface area (TPSA) is 38.3 Å². The monoisotopic (exact) mass is 359 g/mol. The summed E-state index contributed by atoms with van der Waals surface area (Å²) in [5.41, 5.74) is 2.03. The molecule has 0 heterocycles. The number of carbonyl (C=O) groups excluding carboxylic acids is 1. The van der Waals surface area contributed by atoms with Crippen LogP contribution in [0.1, 0.15) is 37.7 Å². The number of anilines is 1. The molecule has 0 aliphatic heterocycles. The summed E-state index contributed by atoms with van der Waals surface area (Å²) in [6.07, 6.45) is 6.36. The molecule has 3 aromatic carbocycles. The quantitative estimate of drug-likeness (QED) is 0.610. The summed E-state index contributed by atoms with van der Waals surface area (Å²) < 4.78 is 5.97. The molecule has 4 rings (SSSR count). The van der Waals surface area contributed by atoms with Crippen LogP contribution >= 0.6 is 0 Å². The van der Waals surface area contributed by atoms with Crippen molar-refractivity contribution in [3.8, 4) is 5.75 Å². The van der Waals surface area contributed by atoms with Gasteiger partial charge in [0.2, 0.25) is 5.91 Å². The third-order valence-corrected chi connectivity index (χ3v) is 5.24. The van der Waals surface area contributed by atoms with Crippen LogP contribution in [0.5, 0.6) is 5.75 Å². The normalized spacial score (nSPS) is 14.4. The number of ether oxygens (including phenoxy) is 1. The Balaban J connectivity index is 1.32. The summed E-state index contributed by atoms with van der Waals surface area (Å²) in [7, 11) is 0. The van der Waals surface area contributed by atoms with Crippen LogP contribution in [-0.4, -0.2) is 12.0 Å². The molecule has 3 heteroatoms. The predicted octanol–water partition coefficient (Wildman–Crippen LogP) is 5.73. The van der Waals surface area contributed by atoms with Gasteiger partial charge in [-0.05, 0) is 72.7 Å². The van der Waals surface area contributed by atoms with Crippen molar-refractivity contribution in [3.05, 3.63) is 72.3 Å². The van der Waals surface area contributed by atoms with Crippen molar-refractivity contribution in [1.29, 1.82) is 0 Å². The van der Waals surface area contributed by atoms with E-state index in [2.05, 4.69) is 35.6 Å². The van der Waals surface area contributed by atoms with Gasteiger partial charge in [0.05, 0.1) is 6.10 Å². The van der Waals surface area contributed by atoms with Crippen molar-refractivity contribution in [3.63, 3.8) is 0 Å². The van der Waals surface area contributed by atoms with Gasteiger partial charge in [-0.15, -0.1) is 0 Å². The first-order chi connectivity index (χ1) is 13.3. The van der Waals surface area contributed by atoms with Gasteiger partial charge in [0, 0.05) is 12.1 Å². The fourth-order valence-corrected chi connectivity index (χ4v) is 3.80. The number of nitrogens with one attached hydrogen (secondary N) is 1. The van der Waals surface area contributed by atoms with Crippen molar-refractivity contribution in [2.24, 2.45) is 0 Å². The summed E-state index contributed by atoms with van der Waals surface area (Å²) in [5, 5.41) is 5.43. The van der Waals surface area contributed by atoms with Crippen molar-refractivity contribution in [2.75, 3.05) is 5.32 Å². The van der Waals surface area contributed by atoms with E-state index >= 15 is 0 Å². The van der Waals surface area contributed by atoms with E-state index < -0.39 is 0 Å². The first-order valence-corrected chi connectivity index (χ1v) is 9.81.